The van der Waals surface area contributed by atoms with Crippen molar-refractivity contribution in [2.75, 3.05) is 33.2 Å². The lowest BCUT2D eigenvalue weighted by atomic mass is 9.92. The van der Waals surface area contributed by atoms with Gasteiger partial charge in [-0.15, -0.1) is 9.79 Å². The summed E-state index contributed by atoms with van der Waals surface area (Å²) in [6, 6.07) is 0. The molecule has 0 radical (unpaired) electrons. The second kappa shape index (κ2) is 7.87. The van der Waals surface area contributed by atoms with Crippen molar-refractivity contribution in [3.63, 3.8) is 0 Å². The van der Waals surface area contributed by atoms with Crippen LogP contribution in [0.5, 0.6) is 0 Å². The van der Waals surface area contributed by atoms with Gasteiger partial charge in [0.25, 0.3) is 0 Å². The van der Waals surface area contributed by atoms with E-state index >= 15 is 0 Å². The smallest absolute Gasteiger partial charge is 0.303 e. The fraction of sp³-hybridized carbons (Fsp3) is 1.00. The Hall–Kier alpha value is -0.480. The SMILES string of the molecule is CN1CCN(CC(F)(F)F)C(C)(CC(F)(F)F)C1.O=[P+](O)O. The Morgan fingerprint density at radius 2 is 1.55 bits per heavy atom. The third kappa shape index (κ3) is 9.52. The molecule has 1 saturated heterocycles. The maximum Gasteiger partial charge on any atom is 0.692 e. The third-order valence-corrected chi connectivity index (χ3v) is 3.08. The average molecular weight is 359 g/mol. The molecule has 1 fully saturated rings. The van der Waals surface area contributed by atoms with E-state index in [0.29, 0.717) is 6.54 Å². The van der Waals surface area contributed by atoms with E-state index in [1.165, 1.54) is 6.92 Å². The maximum absolute atomic E-state index is 12.5. The fourth-order valence-electron chi connectivity index (χ4n) is 2.41. The molecule has 22 heavy (non-hydrogen) atoms. The molecular weight excluding hydrogens is 341 g/mol. The molecule has 132 valence electrons. The summed E-state index contributed by atoms with van der Waals surface area (Å²) in [7, 11) is -1.26. The van der Waals surface area contributed by atoms with Crippen molar-refractivity contribution in [2.45, 2.75) is 31.2 Å². The fourth-order valence-corrected chi connectivity index (χ4v) is 2.41. The van der Waals surface area contributed by atoms with Crippen molar-refractivity contribution < 1.29 is 40.7 Å². The van der Waals surface area contributed by atoms with Crippen LogP contribution in [0.25, 0.3) is 0 Å². The van der Waals surface area contributed by atoms with Gasteiger partial charge in [0, 0.05) is 29.7 Å². The Morgan fingerprint density at radius 1 is 1.09 bits per heavy atom. The second-order valence-corrected chi connectivity index (χ2v) is 5.82. The first kappa shape index (κ1) is 21.5. The van der Waals surface area contributed by atoms with Gasteiger partial charge < -0.3 is 4.90 Å². The number of hydrogen-bond donors (Lipinski definition) is 2. The van der Waals surface area contributed by atoms with Crippen molar-refractivity contribution in [3.05, 3.63) is 0 Å². The Labute approximate surface area is 124 Å². The first-order chi connectivity index (χ1) is 9.65. The molecule has 0 aromatic heterocycles. The zero-order valence-corrected chi connectivity index (χ0v) is 12.8. The molecule has 0 spiro atoms. The van der Waals surface area contributed by atoms with Crippen LogP contribution < -0.4 is 0 Å². The predicted octanol–water partition coefficient (Wildman–Crippen LogP) is 2.14. The second-order valence-electron chi connectivity index (χ2n) is 5.32. The van der Waals surface area contributed by atoms with Gasteiger partial charge in [-0.1, -0.05) is 0 Å². The van der Waals surface area contributed by atoms with Crippen LogP contribution in [0.3, 0.4) is 0 Å². The normalized spacial score (nSPS) is 24.6. The van der Waals surface area contributed by atoms with Crippen molar-refractivity contribution in [2.24, 2.45) is 0 Å². The Kier molecular flexibility index (Phi) is 7.70. The van der Waals surface area contributed by atoms with E-state index in [1.807, 2.05) is 0 Å². The molecule has 0 aromatic carbocycles. The van der Waals surface area contributed by atoms with Gasteiger partial charge >= 0.3 is 20.6 Å². The molecule has 0 amide bonds. The van der Waals surface area contributed by atoms with Crippen LogP contribution in [0, 0.1) is 0 Å². The van der Waals surface area contributed by atoms with Gasteiger partial charge in [-0.25, -0.2) is 0 Å². The van der Waals surface area contributed by atoms with E-state index < -0.39 is 39.1 Å². The Bertz CT molecular complexity index is 375. The van der Waals surface area contributed by atoms with E-state index in [4.69, 9.17) is 14.4 Å². The van der Waals surface area contributed by atoms with E-state index in [2.05, 4.69) is 0 Å². The lowest BCUT2D eigenvalue weighted by Gasteiger charge is -2.48. The van der Waals surface area contributed by atoms with Crippen LogP contribution in [0.2, 0.25) is 0 Å². The highest BCUT2D eigenvalue weighted by Crippen LogP contribution is 2.35. The summed E-state index contributed by atoms with van der Waals surface area (Å²) in [4.78, 5) is 16.8. The zero-order chi connectivity index (χ0) is 17.8. The minimum atomic E-state index is -4.48. The van der Waals surface area contributed by atoms with E-state index in [1.54, 1.807) is 11.9 Å². The first-order valence-electron chi connectivity index (χ1n) is 6.07. The van der Waals surface area contributed by atoms with Gasteiger partial charge in [-0.3, -0.25) is 4.90 Å². The lowest BCUT2D eigenvalue weighted by molar-refractivity contribution is -0.197. The standard InChI is InChI=1S/C10H16F6N2.HO3P/c1-8(5-9(11,12)13)6-17(2)3-4-18(8)7-10(14,15)16;1-4(2)3/h3-7H2,1-2H3;(H-,1,2,3)/p+1. The summed E-state index contributed by atoms with van der Waals surface area (Å²) in [5.74, 6) is 0. The quantitative estimate of drug-likeness (QED) is 0.584. The molecule has 5 nitrogen and oxygen atoms in total. The molecule has 1 rings (SSSR count). The lowest BCUT2D eigenvalue weighted by Crippen LogP contribution is -2.62. The summed E-state index contributed by atoms with van der Waals surface area (Å²) in [6.07, 6.45) is -10.2. The molecule has 2 N–H and O–H groups in total. The molecule has 1 unspecified atom stereocenters. The highest BCUT2D eigenvalue weighted by atomic mass is 31.1. The predicted molar refractivity (Wildman–Crippen MR) is 66.2 cm³/mol. The van der Waals surface area contributed by atoms with Gasteiger partial charge in [0.1, 0.15) is 0 Å². The van der Waals surface area contributed by atoms with Gasteiger partial charge in [0.2, 0.25) is 0 Å². The van der Waals surface area contributed by atoms with Crippen molar-refractivity contribution in [1.82, 2.24) is 9.80 Å². The molecule has 1 aliphatic heterocycles. The van der Waals surface area contributed by atoms with Crippen molar-refractivity contribution in [3.8, 4) is 0 Å². The van der Waals surface area contributed by atoms with E-state index in [9.17, 15) is 26.3 Å². The molecule has 0 saturated carbocycles. The number of likely N-dealkylation sites (N-methyl/N-ethyl adjacent to an activating group) is 1. The molecule has 1 aliphatic rings. The molecule has 0 aliphatic carbocycles. The van der Waals surface area contributed by atoms with Crippen LogP contribution >= 0.6 is 8.25 Å². The molecule has 0 aromatic rings. The summed E-state index contributed by atoms with van der Waals surface area (Å²) in [6.45, 7) is 0.240. The summed E-state index contributed by atoms with van der Waals surface area (Å²) >= 11 is 0. The minimum absolute atomic E-state index is 0.0113. The summed E-state index contributed by atoms with van der Waals surface area (Å²) < 4.78 is 83.3. The van der Waals surface area contributed by atoms with Crippen LogP contribution in [-0.4, -0.2) is 70.7 Å². The number of alkyl halides is 6. The monoisotopic (exact) mass is 359 g/mol. The van der Waals surface area contributed by atoms with Crippen LogP contribution in [0.4, 0.5) is 26.3 Å². The number of halogens is 6. The minimum Gasteiger partial charge on any atom is -0.303 e. The van der Waals surface area contributed by atoms with Crippen molar-refractivity contribution in [1.29, 1.82) is 0 Å². The number of nitrogens with zero attached hydrogens (tertiary/aromatic N) is 2. The topological polar surface area (TPSA) is 64.0 Å². The Morgan fingerprint density at radius 3 is 1.91 bits per heavy atom. The number of rotatable bonds is 2. The van der Waals surface area contributed by atoms with Gasteiger partial charge in [0.05, 0.1) is 13.0 Å². The van der Waals surface area contributed by atoms with Crippen LogP contribution in [-0.2, 0) is 4.57 Å². The maximum atomic E-state index is 12.5. The average Bonchev–Trinajstić information content (AvgIpc) is 2.16. The van der Waals surface area contributed by atoms with Gasteiger partial charge in [-0.2, -0.15) is 26.3 Å². The highest BCUT2D eigenvalue weighted by molar-refractivity contribution is 7.30. The third-order valence-electron chi connectivity index (χ3n) is 3.08. The first-order valence-corrected chi connectivity index (χ1v) is 7.23. The summed E-state index contributed by atoms with van der Waals surface area (Å²) in [5, 5.41) is 0. The summed E-state index contributed by atoms with van der Waals surface area (Å²) in [5.41, 5.74) is -1.53. The highest BCUT2D eigenvalue weighted by Gasteiger charge is 2.48. The molecular formula is C10H18F6N2O3P+. The molecule has 12 heteroatoms. The van der Waals surface area contributed by atoms with Crippen molar-refractivity contribution >= 4 is 8.25 Å². The molecule has 0 bridgehead atoms. The van der Waals surface area contributed by atoms with Gasteiger partial charge in [-0.05, 0) is 14.0 Å². The Balaban J connectivity index is 0.000000980. The number of hydrogen-bond acceptors (Lipinski definition) is 3. The zero-order valence-electron chi connectivity index (χ0n) is 11.9. The molecule has 1 atom stereocenters. The van der Waals surface area contributed by atoms with E-state index in [0.717, 1.165) is 4.90 Å². The molecule has 1 heterocycles. The van der Waals surface area contributed by atoms with Gasteiger partial charge in [0.15, 0.2) is 0 Å². The van der Waals surface area contributed by atoms with E-state index in [-0.39, 0.29) is 13.1 Å². The van der Waals surface area contributed by atoms with Crippen LogP contribution in [0.15, 0.2) is 0 Å². The largest absolute Gasteiger partial charge is 0.692 e. The number of piperazine rings is 1. The van der Waals surface area contributed by atoms with Crippen LogP contribution in [0.1, 0.15) is 13.3 Å².